The highest BCUT2D eigenvalue weighted by atomic mass is 16.1. The second-order valence-corrected chi connectivity index (χ2v) is 3.45. The summed E-state index contributed by atoms with van der Waals surface area (Å²) in [5.41, 5.74) is 1.32. The van der Waals surface area contributed by atoms with E-state index in [0.717, 1.165) is 17.3 Å². The third-order valence-electron chi connectivity index (χ3n) is 2.32. The first kappa shape index (κ1) is 10.4. The van der Waals surface area contributed by atoms with Crippen molar-refractivity contribution < 1.29 is 4.79 Å². The minimum Gasteiger partial charge on any atom is -0.350 e. The Morgan fingerprint density at radius 1 is 1.50 bits per heavy atom. The number of nitrogens with zero attached hydrogens (tertiary/aromatic N) is 1. The van der Waals surface area contributed by atoms with Crippen LogP contribution in [0.5, 0.6) is 0 Å². The van der Waals surface area contributed by atoms with Crippen LogP contribution in [0.4, 0.5) is 0 Å². The van der Waals surface area contributed by atoms with Crippen LogP contribution in [0.25, 0.3) is 10.9 Å². The number of rotatable bonds is 4. The molecule has 0 aliphatic heterocycles. The average molecular weight is 215 g/mol. The van der Waals surface area contributed by atoms with E-state index in [-0.39, 0.29) is 5.91 Å². The summed E-state index contributed by atoms with van der Waals surface area (Å²) in [5.74, 6) is -0.153. The number of hydrogen-bond acceptors (Lipinski definition) is 2. The third kappa shape index (κ3) is 1.95. The van der Waals surface area contributed by atoms with Gasteiger partial charge in [0.25, 0.3) is 5.91 Å². The summed E-state index contributed by atoms with van der Waals surface area (Å²) in [6.07, 6.45) is 2.52. The van der Waals surface area contributed by atoms with E-state index in [1.807, 2.05) is 24.3 Å². The van der Waals surface area contributed by atoms with E-state index in [4.69, 9.17) is 0 Å². The lowest BCUT2D eigenvalue weighted by Crippen LogP contribution is -2.24. The molecule has 82 valence electrons. The minimum absolute atomic E-state index is 0.153. The number of benzene rings is 1. The van der Waals surface area contributed by atoms with Gasteiger partial charge < -0.3 is 5.32 Å². The zero-order valence-corrected chi connectivity index (χ0v) is 8.86. The summed E-state index contributed by atoms with van der Waals surface area (Å²) in [7, 11) is 0. The van der Waals surface area contributed by atoms with Crippen LogP contribution in [0.2, 0.25) is 0 Å². The van der Waals surface area contributed by atoms with Gasteiger partial charge in [-0.05, 0) is 12.5 Å². The Hall–Kier alpha value is -2.10. The van der Waals surface area contributed by atoms with Gasteiger partial charge in [0.15, 0.2) is 5.69 Å². The highest BCUT2D eigenvalue weighted by Gasteiger charge is 2.12. The van der Waals surface area contributed by atoms with Gasteiger partial charge in [0.05, 0.1) is 5.52 Å². The standard InChI is InChI=1S/C12H13N3O/c1-2-3-8-13-12(16)11-9-6-4-5-7-10(9)14-15-11/h2,4-7H,1,3,8H2,(H,13,16)(H,14,15). The molecule has 0 aliphatic carbocycles. The number of hydrogen-bond donors (Lipinski definition) is 2. The van der Waals surface area contributed by atoms with Gasteiger partial charge in [-0.25, -0.2) is 0 Å². The molecular formula is C12H13N3O. The van der Waals surface area contributed by atoms with E-state index in [2.05, 4.69) is 22.1 Å². The Labute approximate surface area is 93.4 Å². The van der Waals surface area contributed by atoms with Gasteiger partial charge in [0.2, 0.25) is 0 Å². The van der Waals surface area contributed by atoms with E-state index < -0.39 is 0 Å². The first-order valence-corrected chi connectivity index (χ1v) is 5.15. The maximum Gasteiger partial charge on any atom is 0.272 e. The van der Waals surface area contributed by atoms with Crippen molar-refractivity contribution in [2.45, 2.75) is 6.42 Å². The van der Waals surface area contributed by atoms with Crippen molar-refractivity contribution in [1.29, 1.82) is 0 Å². The Morgan fingerprint density at radius 3 is 3.12 bits per heavy atom. The average Bonchev–Trinajstić information content (AvgIpc) is 2.73. The quantitative estimate of drug-likeness (QED) is 0.604. The van der Waals surface area contributed by atoms with Crippen LogP contribution in [0.3, 0.4) is 0 Å². The van der Waals surface area contributed by atoms with E-state index in [1.54, 1.807) is 6.08 Å². The van der Waals surface area contributed by atoms with Crippen molar-refractivity contribution in [3.8, 4) is 0 Å². The summed E-state index contributed by atoms with van der Waals surface area (Å²) in [5, 5.41) is 10.5. The summed E-state index contributed by atoms with van der Waals surface area (Å²) in [6, 6.07) is 7.56. The number of nitrogens with one attached hydrogen (secondary N) is 2. The number of amides is 1. The lowest BCUT2D eigenvalue weighted by Gasteiger charge is -2.00. The van der Waals surface area contributed by atoms with E-state index >= 15 is 0 Å². The third-order valence-corrected chi connectivity index (χ3v) is 2.32. The first-order valence-electron chi connectivity index (χ1n) is 5.15. The molecule has 0 unspecified atom stereocenters. The van der Waals surface area contributed by atoms with Crippen LogP contribution in [0.15, 0.2) is 36.9 Å². The van der Waals surface area contributed by atoms with E-state index in [1.165, 1.54) is 0 Å². The van der Waals surface area contributed by atoms with Gasteiger partial charge in [0, 0.05) is 11.9 Å². The molecule has 0 saturated carbocycles. The molecule has 0 spiro atoms. The number of para-hydroxylation sites is 1. The van der Waals surface area contributed by atoms with Gasteiger partial charge >= 0.3 is 0 Å². The Bertz CT molecular complexity index is 516. The van der Waals surface area contributed by atoms with Crippen molar-refractivity contribution in [3.05, 3.63) is 42.6 Å². The van der Waals surface area contributed by atoms with Crippen molar-refractivity contribution in [2.24, 2.45) is 0 Å². The second-order valence-electron chi connectivity index (χ2n) is 3.45. The molecule has 0 atom stereocenters. The Morgan fingerprint density at radius 2 is 2.31 bits per heavy atom. The van der Waals surface area contributed by atoms with Gasteiger partial charge in [-0.2, -0.15) is 5.10 Å². The molecule has 4 heteroatoms. The summed E-state index contributed by atoms with van der Waals surface area (Å²) >= 11 is 0. The zero-order chi connectivity index (χ0) is 11.4. The fourth-order valence-corrected chi connectivity index (χ4v) is 1.51. The van der Waals surface area contributed by atoms with Gasteiger partial charge in [-0.1, -0.05) is 24.3 Å². The molecule has 2 rings (SSSR count). The number of fused-ring (bicyclic) bond motifs is 1. The molecule has 0 fully saturated rings. The number of aromatic amines is 1. The zero-order valence-electron chi connectivity index (χ0n) is 8.86. The lowest BCUT2D eigenvalue weighted by molar-refractivity contribution is 0.0951. The van der Waals surface area contributed by atoms with E-state index in [9.17, 15) is 4.79 Å². The molecule has 2 aromatic rings. The molecule has 16 heavy (non-hydrogen) atoms. The summed E-state index contributed by atoms with van der Waals surface area (Å²) < 4.78 is 0. The highest BCUT2D eigenvalue weighted by molar-refractivity contribution is 6.04. The van der Waals surface area contributed by atoms with Crippen LogP contribution in [-0.4, -0.2) is 22.6 Å². The minimum atomic E-state index is -0.153. The molecule has 0 bridgehead atoms. The van der Waals surface area contributed by atoms with Crippen LogP contribution >= 0.6 is 0 Å². The lowest BCUT2D eigenvalue weighted by atomic mass is 10.2. The normalized spacial score (nSPS) is 10.2. The maximum atomic E-state index is 11.8. The molecule has 0 radical (unpaired) electrons. The summed E-state index contributed by atoms with van der Waals surface area (Å²) in [6.45, 7) is 4.18. The molecule has 2 N–H and O–H groups in total. The number of carbonyl (C=O) groups excluding carboxylic acids is 1. The Balaban J connectivity index is 2.19. The predicted octanol–water partition coefficient (Wildman–Crippen LogP) is 1.87. The fraction of sp³-hybridized carbons (Fsp3) is 0.167. The molecule has 1 aromatic heterocycles. The van der Waals surface area contributed by atoms with Gasteiger partial charge in [-0.3, -0.25) is 9.89 Å². The monoisotopic (exact) mass is 215 g/mol. The molecule has 4 nitrogen and oxygen atoms in total. The van der Waals surface area contributed by atoms with Crippen molar-refractivity contribution in [1.82, 2.24) is 15.5 Å². The molecule has 1 heterocycles. The van der Waals surface area contributed by atoms with Crippen LogP contribution in [-0.2, 0) is 0 Å². The van der Waals surface area contributed by atoms with Crippen molar-refractivity contribution in [2.75, 3.05) is 6.54 Å². The van der Waals surface area contributed by atoms with Crippen LogP contribution in [0.1, 0.15) is 16.9 Å². The second kappa shape index (κ2) is 4.61. The predicted molar refractivity (Wildman–Crippen MR) is 63.2 cm³/mol. The smallest absolute Gasteiger partial charge is 0.272 e. The topological polar surface area (TPSA) is 57.8 Å². The van der Waals surface area contributed by atoms with Crippen molar-refractivity contribution in [3.63, 3.8) is 0 Å². The SMILES string of the molecule is C=CCCNC(=O)c1n[nH]c2ccccc12. The van der Waals surface area contributed by atoms with Gasteiger partial charge in [-0.15, -0.1) is 6.58 Å². The number of carbonyl (C=O) groups is 1. The molecule has 0 aliphatic rings. The number of aromatic nitrogens is 2. The Kier molecular flexibility index (Phi) is 3.00. The first-order chi connectivity index (χ1) is 7.83. The van der Waals surface area contributed by atoms with Crippen LogP contribution < -0.4 is 5.32 Å². The molecule has 0 saturated heterocycles. The largest absolute Gasteiger partial charge is 0.350 e. The number of H-pyrrole nitrogens is 1. The highest BCUT2D eigenvalue weighted by Crippen LogP contribution is 2.14. The molecule has 1 aromatic carbocycles. The van der Waals surface area contributed by atoms with Crippen molar-refractivity contribution >= 4 is 16.8 Å². The van der Waals surface area contributed by atoms with E-state index in [0.29, 0.717) is 12.2 Å². The maximum absolute atomic E-state index is 11.8. The van der Waals surface area contributed by atoms with Crippen LogP contribution in [0, 0.1) is 0 Å². The molecule has 1 amide bonds. The summed E-state index contributed by atoms with van der Waals surface area (Å²) in [4.78, 5) is 11.8. The van der Waals surface area contributed by atoms with Gasteiger partial charge in [0.1, 0.15) is 0 Å². The fourth-order valence-electron chi connectivity index (χ4n) is 1.51. The molecular weight excluding hydrogens is 202 g/mol.